The maximum absolute atomic E-state index is 13.1. The Kier molecular flexibility index (Phi) is 5.75. The average molecular weight is 371 g/mol. The second-order valence-electron chi connectivity index (χ2n) is 7.28. The van der Waals surface area contributed by atoms with Crippen LogP contribution < -0.4 is 15.8 Å². The third-order valence-electron chi connectivity index (χ3n) is 5.74. The van der Waals surface area contributed by atoms with Crippen LogP contribution in [0.2, 0.25) is 0 Å². The Bertz CT molecular complexity index is 800. The molecule has 0 spiro atoms. The van der Waals surface area contributed by atoms with Crippen molar-refractivity contribution in [1.82, 2.24) is 10.3 Å². The highest BCUT2D eigenvalue weighted by Gasteiger charge is 2.40. The number of nitrogens with two attached hydrogens (primary N) is 1. The van der Waals surface area contributed by atoms with Gasteiger partial charge >= 0.3 is 0 Å². The standard InChI is InChI=1S/C21H26FN3O2/c1-24-17-7-9-21(10-8-17,20(23)26)12-16-11-14(3-5-18(16)27-2)15-4-6-19(22)25-13-15/h3-6,11,13,17,24H,7-10,12H2,1-2H3,(H2,23,26). The molecule has 1 aromatic heterocycles. The van der Waals surface area contributed by atoms with E-state index in [1.165, 1.54) is 12.3 Å². The number of nitrogens with zero attached hydrogens (tertiary/aromatic N) is 1. The molecule has 1 amide bonds. The average Bonchev–Trinajstić information content (AvgIpc) is 2.69. The summed E-state index contributed by atoms with van der Waals surface area (Å²) in [5, 5.41) is 3.29. The summed E-state index contributed by atoms with van der Waals surface area (Å²) in [6.07, 6.45) is 5.37. The molecule has 0 atom stereocenters. The maximum Gasteiger partial charge on any atom is 0.223 e. The van der Waals surface area contributed by atoms with E-state index in [1.54, 1.807) is 13.2 Å². The summed E-state index contributed by atoms with van der Waals surface area (Å²) >= 11 is 0. The Morgan fingerprint density at radius 3 is 2.56 bits per heavy atom. The first-order chi connectivity index (χ1) is 13.0. The zero-order valence-corrected chi connectivity index (χ0v) is 15.8. The van der Waals surface area contributed by atoms with Crippen LogP contribution in [0.5, 0.6) is 5.75 Å². The van der Waals surface area contributed by atoms with Crippen molar-refractivity contribution >= 4 is 5.91 Å². The SMILES string of the molecule is CNC1CCC(Cc2cc(-c3ccc(F)nc3)ccc2OC)(C(N)=O)CC1. The minimum absolute atomic E-state index is 0.257. The molecule has 3 N–H and O–H groups in total. The number of pyridine rings is 1. The number of methoxy groups -OCH3 is 1. The fraction of sp³-hybridized carbons (Fsp3) is 0.429. The van der Waals surface area contributed by atoms with Gasteiger partial charge in [0.05, 0.1) is 12.5 Å². The number of ether oxygens (including phenoxy) is 1. The van der Waals surface area contributed by atoms with Crippen molar-refractivity contribution in [2.24, 2.45) is 11.1 Å². The van der Waals surface area contributed by atoms with Gasteiger partial charge in [0.25, 0.3) is 0 Å². The molecule has 0 aliphatic heterocycles. The zero-order valence-electron chi connectivity index (χ0n) is 15.8. The van der Waals surface area contributed by atoms with E-state index in [1.807, 2.05) is 25.2 Å². The van der Waals surface area contributed by atoms with E-state index in [2.05, 4.69) is 10.3 Å². The summed E-state index contributed by atoms with van der Waals surface area (Å²) in [5.74, 6) is -0.0420. The van der Waals surface area contributed by atoms with Gasteiger partial charge in [-0.15, -0.1) is 0 Å². The molecular formula is C21H26FN3O2. The van der Waals surface area contributed by atoms with E-state index >= 15 is 0 Å². The number of hydrogen-bond donors (Lipinski definition) is 2. The van der Waals surface area contributed by atoms with Gasteiger partial charge in [0.15, 0.2) is 0 Å². The lowest BCUT2D eigenvalue weighted by atomic mass is 9.68. The van der Waals surface area contributed by atoms with E-state index in [0.29, 0.717) is 12.5 Å². The van der Waals surface area contributed by atoms with Gasteiger partial charge in [-0.2, -0.15) is 4.39 Å². The van der Waals surface area contributed by atoms with Crippen LogP contribution in [0.15, 0.2) is 36.5 Å². The van der Waals surface area contributed by atoms with Crippen LogP contribution in [0, 0.1) is 11.4 Å². The number of carbonyl (C=O) groups is 1. The predicted octanol–water partition coefficient (Wildman–Crippen LogP) is 3.07. The van der Waals surface area contributed by atoms with Crippen molar-refractivity contribution in [3.8, 4) is 16.9 Å². The van der Waals surface area contributed by atoms with Gasteiger partial charge in [-0.05, 0) is 74.5 Å². The molecule has 0 radical (unpaired) electrons. The molecule has 1 saturated carbocycles. The van der Waals surface area contributed by atoms with Crippen LogP contribution in [0.1, 0.15) is 31.2 Å². The van der Waals surface area contributed by atoms with Crippen molar-refractivity contribution in [1.29, 1.82) is 0 Å². The van der Waals surface area contributed by atoms with Crippen LogP contribution in [0.3, 0.4) is 0 Å². The quantitative estimate of drug-likeness (QED) is 0.765. The van der Waals surface area contributed by atoms with Crippen LogP contribution >= 0.6 is 0 Å². The molecule has 1 heterocycles. The van der Waals surface area contributed by atoms with Crippen LogP contribution in [-0.4, -0.2) is 31.1 Å². The van der Waals surface area contributed by atoms with Crippen LogP contribution in [-0.2, 0) is 11.2 Å². The molecule has 2 aromatic rings. The number of benzene rings is 1. The summed E-state index contributed by atoms with van der Waals surface area (Å²) in [6.45, 7) is 0. The molecule has 0 saturated heterocycles. The zero-order chi connectivity index (χ0) is 19.4. The van der Waals surface area contributed by atoms with E-state index in [0.717, 1.165) is 48.1 Å². The van der Waals surface area contributed by atoms with Crippen molar-refractivity contribution in [3.63, 3.8) is 0 Å². The molecule has 144 valence electrons. The molecule has 1 aromatic carbocycles. The molecule has 0 bridgehead atoms. The number of primary amides is 1. The Labute approximate surface area is 159 Å². The summed E-state index contributed by atoms with van der Waals surface area (Å²) in [4.78, 5) is 16.1. The first kappa shape index (κ1) is 19.3. The number of hydrogen-bond acceptors (Lipinski definition) is 4. The Morgan fingerprint density at radius 2 is 2.00 bits per heavy atom. The van der Waals surface area contributed by atoms with Crippen molar-refractivity contribution < 1.29 is 13.9 Å². The molecule has 27 heavy (non-hydrogen) atoms. The van der Waals surface area contributed by atoms with Gasteiger partial charge < -0.3 is 15.8 Å². The Hall–Kier alpha value is -2.47. The number of rotatable bonds is 6. The lowest BCUT2D eigenvalue weighted by Gasteiger charge is -2.38. The van der Waals surface area contributed by atoms with Crippen molar-refractivity contribution in [2.45, 2.75) is 38.1 Å². The lowest BCUT2D eigenvalue weighted by molar-refractivity contribution is -0.129. The van der Waals surface area contributed by atoms with Gasteiger partial charge in [-0.25, -0.2) is 4.98 Å². The smallest absolute Gasteiger partial charge is 0.223 e. The second-order valence-corrected chi connectivity index (χ2v) is 7.28. The summed E-state index contributed by atoms with van der Waals surface area (Å²) in [6, 6.07) is 9.23. The summed E-state index contributed by atoms with van der Waals surface area (Å²) in [7, 11) is 3.57. The van der Waals surface area contributed by atoms with Gasteiger partial charge in [0.2, 0.25) is 11.9 Å². The third kappa shape index (κ3) is 4.11. The van der Waals surface area contributed by atoms with Gasteiger partial charge in [0.1, 0.15) is 5.75 Å². The number of aromatic nitrogens is 1. The highest BCUT2D eigenvalue weighted by atomic mass is 19.1. The highest BCUT2D eigenvalue weighted by Crippen LogP contribution is 2.41. The number of amides is 1. The molecule has 3 rings (SSSR count). The molecule has 1 aliphatic carbocycles. The predicted molar refractivity (Wildman–Crippen MR) is 103 cm³/mol. The number of carbonyl (C=O) groups excluding carboxylic acids is 1. The normalized spacial score (nSPS) is 22.4. The molecular weight excluding hydrogens is 345 g/mol. The summed E-state index contributed by atoms with van der Waals surface area (Å²) in [5.41, 5.74) is 7.92. The molecule has 1 fully saturated rings. The monoisotopic (exact) mass is 371 g/mol. The first-order valence-electron chi connectivity index (χ1n) is 9.23. The van der Waals surface area contributed by atoms with Gasteiger partial charge in [-0.1, -0.05) is 6.07 Å². The Balaban J connectivity index is 1.93. The van der Waals surface area contributed by atoms with E-state index < -0.39 is 11.4 Å². The lowest BCUT2D eigenvalue weighted by Crippen LogP contribution is -2.45. The molecule has 0 unspecified atom stereocenters. The minimum Gasteiger partial charge on any atom is -0.496 e. The number of nitrogens with one attached hydrogen (secondary N) is 1. The van der Waals surface area contributed by atoms with E-state index in [9.17, 15) is 9.18 Å². The topological polar surface area (TPSA) is 77.2 Å². The number of halogens is 1. The van der Waals surface area contributed by atoms with Crippen LogP contribution in [0.25, 0.3) is 11.1 Å². The van der Waals surface area contributed by atoms with Gasteiger partial charge in [0, 0.05) is 17.8 Å². The van der Waals surface area contributed by atoms with E-state index in [4.69, 9.17) is 10.5 Å². The fourth-order valence-electron chi connectivity index (χ4n) is 3.98. The second kappa shape index (κ2) is 8.05. The summed E-state index contributed by atoms with van der Waals surface area (Å²) < 4.78 is 18.6. The molecule has 6 heteroatoms. The highest BCUT2D eigenvalue weighted by molar-refractivity contribution is 5.81. The largest absolute Gasteiger partial charge is 0.496 e. The molecule has 1 aliphatic rings. The van der Waals surface area contributed by atoms with Gasteiger partial charge in [-0.3, -0.25) is 4.79 Å². The third-order valence-corrected chi connectivity index (χ3v) is 5.74. The minimum atomic E-state index is -0.569. The first-order valence-corrected chi connectivity index (χ1v) is 9.23. The van der Waals surface area contributed by atoms with Crippen LogP contribution in [0.4, 0.5) is 4.39 Å². The van der Waals surface area contributed by atoms with Crippen molar-refractivity contribution in [3.05, 3.63) is 48.0 Å². The van der Waals surface area contributed by atoms with Crippen molar-refractivity contribution in [2.75, 3.05) is 14.2 Å². The Morgan fingerprint density at radius 1 is 1.30 bits per heavy atom. The maximum atomic E-state index is 13.1. The van der Waals surface area contributed by atoms with E-state index in [-0.39, 0.29) is 5.91 Å². The fourth-order valence-corrected chi connectivity index (χ4v) is 3.98. The molecule has 5 nitrogen and oxygen atoms in total.